The summed E-state index contributed by atoms with van der Waals surface area (Å²) in [5.41, 5.74) is 26.5. The molecule has 0 aliphatic rings. The molecule has 0 aliphatic heterocycles. The molecule has 0 radical (unpaired) electrons. The largest absolute Gasteiger partial charge is 0.344 e. The fraction of sp³-hybridized carbons (Fsp3) is 0.0455. The van der Waals surface area contributed by atoms with Gasteiger partial charge in [-0.2, -0.15) is 0 Å². The molecule has 14 aromatic carbocycles. The SMILES string of the molecule is Cn1c2ccccc2c2c3c4cc5c(cc4n4c6ccccc6c(cc21)c34)c1c2c3ccccc3n(Cc3ccc4c(c3)c3cc6c7ccccc7n(C)c6c6c7cc8c(cc7n4c36)c3c4c(cc6c7ccccc7n8c63)c3ccccc3n4C)c2cc2c3ccccc3n5c21. The summed E-state index contributed by atoms with van der Waals surface area (Å²) >= 11 is 0. The lowest BCUT2D eigenvalue weighted by atomic mass is 9.99. The topological polar surface area (TPSA) is 37.4 Å². The number of fused-ring (bicyclic) bond motifs is 40. The minimum atomic E-state index is 0.696. The molecule has 8 heteroatoms. The number of rotatable bonds is 2. The van der Waals surface area contributed by atoms with Crippen LogP contribution in [0.15, 0.2) is 237 Å². The zero-order chi connectivity index (χ0) is 61.9. The van der Waals surface area contributed by atoms with Gasteiger partial charge >= 0.3 is 0 Å². The minimum Gasteiger partial charge on any atom is -0.344 e. The number of para-hydroxylation sites is 7. The van der Waals surface area contributed by atoms with E-state index in [0.29, 0.717) is 6.54 Å². The van der Waals surface area contributed by atoms with Crippen molar-refractivity contribution in [3.63, 3.8) is 0 Å². The standard InChI is InChI=1S/C88H50N8/c1-89-65-27-13-9-23-50(65)77-75(89)37-57-48-21-7-16-30-68(48)93-71-40-60-72(39-59(71)79(77)85(57)93)94-69-31-17-8-22-49(69)58-38-76-78(80(60)86(58)94)51-24-10-14-28-66(51)92(76)43-44-32-33-70-52(34-44)56-36-54-46-19-5-12-26-64(46)91(3)84(54)82-62-41-73-61(42-74(62)96(70)88(56)82)81-83-53(45-18-4-11-25-63(45)90(83)2)35-55-47-20-6-15-29-67(47)95(73)87(55)81/h4-42H,43H2,1-3H3. The highest BCUT2D eigenvalue weighted by Gasteiger charge is 2.31. The predicted molar refractivity (Wildman–Crippen MR) is 406 cm³/mol. The second kappa shape index (κ2) is 15.7. The van der Waals surface area contributed by atoms with Crippen LogP contribution in [0.2, 0.25) is 0 Å². The third-order valence-electron chi connectivity index (χ3n) is 23.9. The second-order valence-electron chi connectivity index (χ2n) is 28.0. The number of hydrogen-bond donors (Lipinski definition) is 0. The van der Waals surface area contributed by atoms with Gasteiger partial charge in [0.05, 0.1) is 88.3 Å². The first-order valence-electron chi connectivity index (χ1n) is 33.6. The molecule has 8 nitrogen and oxygen atoms in total. The highest BCUT2D eigenvalue weighted by Crippen LogP contribution is 2.54. The molecule has 26 aromatic rings. The number of aromatic nitrogens is 8. The average Bonchev–Trinajstić information content (AvgIpc) is 1.51. The van der Waals surface area contributed by atoms with Crippen LogP contribution in [0.25, 0.3) is 240 Å². The Labute approximate surface area is 542 Å². The molecule has 0 spiro atoms. The van der Waals surface area contributed by atoms with Gasteiger partial charge in [0.25, 0.3) is 0 Å². The molecule has 0 unspecified atom stereocenters. The molecular formula is C88H50N8. The first-order chi connectivity index (χ1) is 47.4. The van der Waals surface area contributed by atoms with Gasteiger partial charge in [0.2, 0.25) is 0 Å². The van der Waals surface area contributed by atoms with Crippen LogP contribution in [0.1, 0.15) is 5.56 Å². The van der Waals surface area contributed by atoms with Crippen LogP contribution in [0.5, 0.6) is 0 Å². The van der Waals surface area contributed by atoms with Gasteiger partial charge < -0.3 is 35.9 Å². The lowest BCUT2D eigenvalue weighted by Gasteiger charge is -2.10. The summed E-state index contributed by atoms with van der Waals surface area (Å²) in [6.45, 7) is 0.696. The van der Waals surface area contributed by atoms with E-state index in [1.807, 2.05) is 0 Å². The first kappa shape index (κ1) is 48.3. The van der Waals surface area contributed by atoms with Gasteiger partial charge in [0.1, 0.15) is 0 Å². The molecule has 0 saturated carbocycles. The van der Waals surface area contributed by atoms with Crippen molar-refractivity contribution >= 4 is 240 Å². The number of hydrogen-bond acceptors (Lipinski definition) is 0. The molecule has 12 heterocycles. The summed E-state index contributed by atoms with van der Waals surface area (Å²) in [7, 11) is 6.78. The second-order valence-corrected chi connectivity index (χ2v) is 28.0. The number of aryl methyl sites for hydroxylation is 3. The fourth-order valence-corrected chi connectivity index (χ4v) is 20.3. The summed E-state index contributed by atoms with van der Waals surface area (Å²) in [6.07, 6.45) is 0. The number of nitrogens with zero attached hydrogens (tertiary/aromatic N) is 8. The van der Waals surface area contributed by atoms with Gasteiger partial charge in [0.15, 0.2) is 0 Å². The van der Waals surface area contributed by atoms with Gasteiger partial charge in [0, 0.05) is 179 Å². The van der Waals surface area contributed by atoms with Gasteiger partial charge in [-0.15, -0.1) is 0 Å². The predicted octanol–water partition coefficient (Wildman–Crippen LogP) is 22.4. The van der Waals surface area contributed by atoms with E-state index in [0.717, 1.165) is 0 Å². The van der Waals surface area contributed by atoms with E-state index in [-0.39, 0.29) is 0 Å². The molecule has 0 amide bonds. The average molecular weight is 1220 g/mol. The molecule has 12 aromatic heterocycles. The Hall–Kier alpha value is -12.5. The van der Waals surface area contributed by atoms with E-state index in [1.165, 1.54) is 245 Å². The van der Waals surface area contributed by atoms with Gasteiger partial charge in [-0.1, -0.05) is 133 Å². The van der Waals surface area contributed by atoms with Gasteiger partial charge in [-0.3, -0.25) is 0 Å². The summed E-state index contributed by atoms with van der Waals surface area (Å²) < 4.78 is 20.4. The van der Waals surface area contributed by atoms with Crippen LogP contribution >= 0.6 is 0 Å². The quantitative estimate of drug-likeness (QED) is 0.165. The lowest BCUT2D eigenvalue weighted by Crippen LogP contribution is -1.99. The Morgan fingerprint density at radius 3 is 0.979 bits per heavy atom. The summed E-state index contributed by atoms with van der Waals surface area (Å²) in [5.74, 6) is 0. The van der Waals surface area contributed by atoms with E-state index >= 15 is 0 Å². The highest BCUT2D eigenvalue weighted by molar-refractivity contribution is 6.42. The molecule has 26 rings (SSSR count). The van der Waals surface area contributed by atoms with Crippen molar-refractivity contribution in [1.29, 1.82) is 0 Å². The summed E-state index contributed by atoms with van der Waals surface area (Å²) in [6, 6.07) is 91.1. The fourth-order valence-electron chi connectivity index (χ4n) is 20.3. The third-order valence-corrected chi connectivity index (χ3v) is 23.9. The Balaban J connectivity index is 0.760. The zero-order valence-corrected chi connectivity index (χ0v) is 52.3. The Morgan fingerprint density at radius 2 is 0.500 bits per heavy atom. The van der Waals surface area contributed by atoms with Crippen molar-refractivity contribution in [3.8, 4) is 0 Å². The number of benzene rings is 14. The smallest absolute Gasteiger partial charge is 0.0641 e. The summed E-state index contributed by atoms with van der Waals surface area (Å²) in [5, 5.41) is 31.1. The van der Waals surface area contributed by atoms with Crippen LogP contribution in [-0.4, -0.2) is 35.9 Å². The molecule has 96 heavy (non-hydrogen) atoms. The van der Waals surface area contributed by atoms with Crippen LogP contribution in [0, 0.1) is 0 Å². The first-order valence-corrected chi connectivity index (χ1v) is 33.6. The van der Waals surface area contributed by atoms with E-state index < -0.39 is 0 Å². The molecule has 0 atom stereocenters. The monoisotopic (exact) mass is 1220 g/mol. The molecule has 0 fully saturated rings. The third kappa shape index (κ3) is 5.11. The van der Waals surface area contributed by atoms with Gasteiger partial charge in [-0.25, -0.2) is 0 Å². The molecular weight excluding hydrogens is 1170 g/mol. The van der Waals surface area contributed by atoms with Crippen molar-refractivity contribution in [2.45, 2.75) is 6.54 Å². The van der Waals surface area contributed by atoms with Crippen LogP contribution in [0.3, 0.4) is 0 Å². The Bertz CT molecular complexity index is 8200. The summed E-state index contributed by atoms with van der Waals surface area (Å²) in [4.78, 5) is 0. The molecule has 0 bridgehead atoms. The maximum absolute atomic E-state index is 2.64. The Kier molecular flexibility index (Phi) is 7.92. The molecule has 0 N–H and O–H groups in total. The maximum atomic E-state index is 2.64. The normalized spacial score (nSPS) is 13.4. The van der Waals surface area contributed by atoms with Crippen LogP contribution in [0.4, 0.5) is 0 Å². The van der Waals surface area contributed by atoms with E-state index in [1.54, 1.807) is 0 Å². The highest BCUT2D eigenvalue weighted by atomic mass is 15.0. The molecule has 442 valence electrons. The lowest BCUT2D eigenvalue weighted by molar-refractivity contribution is 0.871. The zero-order valence-electron chi connectivity index (χ0n) is 52.3. The van der Waals surface area contributed by atoms with Crippen molar-refractivity contribution in [2.24, 2.45) is 21.1 Å². The van der Waals surface area contributed by atoms with Crippen LogP contribution in [-0.2, 0) is 27.7 Å². The molecule has 0 aliphatic carbocycles. The maximum Gasteiger partial charge on any atom is 0.0641 e. The van der Waals surface area contributed by atoms with E-state index in [4.69, 9.17) is 0 Å². The van der Waals surface area contributed by atoms with Crippen molar-refractivity contribution < 1.29 is 0 Å². The van der Waals surface area contributed by atoms with E-state index in [9.17, 15) is 0 Å². The van der Waals surface area contributed by atoms with E-state index in [2.05, 4.69) is 294 Å². The van der Waals surface area contributed by atoms with Gasteiger partial charge in [-0.05, 0) is 109 Å². The minimum absolute atomic E-state index is 0.696. The van der Waals surface area contributed by atoms with Crippen molar-refractivity contribution in [1.82, 2.24) is 35.9 Å². The van der Waals surface area contributed by atoms with Crippen molar-refractivity contribution in [3.05, 3.63) is 242 Å². The van der Waals surface area contributed by atoms with Crippen molar-refractivity contribution in [2.75, 3.05) is 0 Å². The van der Waals surface area contributed by atoms with Crippen LogP contribution < -0.4 is 0 Å². The molecule has 0 saturated heterocycles. The Morgan fingerprint density at radius 1 is 0.188 bits per heavy atom.